The third kappa shape index (κ3) is 3.33. The topological polar surface area (TPSA) is 69.6 Å². The van der Waals surface area contributed by atoms with E-state index in [1.54, 1.807) is 0 Å². The standard InChI is InChI=1S/C14H17FN2O3/c1-9-12(14(19)20)6-7-17(9)8-13(18)16-11-4-2-10(15)3-5-11/h2-5,9,12H,6-8H2,1H3,(H,16,18)(H,19,20). The summed E-state index contributed by atoms with van der Waals surface area (Å²) in [6.45, 7) is 2.55. The quantitative estimate of drug-likeness (QED) is 0.878. The predicted molar refractivity (Wildman–Crippen MR) is 71.8 cm³/mol. The second kappa shape index (κ2) is 6.00. The Labute approximate surface area is 116 Å². The third-order valence-corrected chi connectivity index (χ3v) is 3.68. The average molecular weight is 280 g/mol. The van der Waals surface area contributed by atoms with Gasteiger partial charge in [-0.25, -0.2) is 4.39 Å². The Balaban J connectivity index is 1.89. The van der Waals surface area contributed by atoms with Crippen molar-refractivity contribution in [2.24, 2.45) is 5.92 Å². The third-order valence-electron chi connectivity index (χ3n) is 3.68. The van der Waals surface area contributed by atoms with Gasteiger partial charge in [-0.2, -0.15) is 0 Å². The molecule has 0 bridgehead atoms. The minimum Gasteiger partial charge on any atom is -0.481 e. The summed E-state index contributed by atoms with van der Waals surface area (Å²) in [5.41, 5.74) is 0.526. The van der Waals surface area contributed by atoms with Crippen LogP contribution in [0.2, 0.25) is 0 Å². The number of rotatable bonds is 4. The number of likely N-dealkylation sites (tertiary alicyclic amines) is 1. The Morgan fingerprint density at radius 2 is 2.05 bits per heavy atom. The van der Waals surface area contributed by atoms with E-state index in [1.807, 2.05) is 11.8 Å². The van der Waals surface area contributed by atoms with Crippen molar-refractivity contribution in [1.82, 2.24) is 4.90 Å². The lowest BCUT2D eigenvalue weighted by Gasteiger charge is -2.22. The summed E-state index contributed by atoms with van der Waals surface area (Å²) in [6.07, 6.45) is 0.556. The Morgan fingerprint density at radius 1 is 1.40 bits per heavy atom. The molecule has 6 heteroatoms. The van der Waals surface area contributed by atoms with Crippen LogP contribution in [-0.2, 0) is 9.59 Å². The highest BCUT2D eigenvalue weighted by Gasteiger charge is 2.36. The fourth-order valence-electron chi connectivity index (χ4n) is 2.48. The number of anilines is 1. The summed E-state index contributed by atoms with van der Waals surface area (Å²) in [5.74, 6) is -1.83. The zero-order valence-electron chi connectivity index (χ0n) is 11.2. The molecule has 1 aliphatic heterocycles. The van der Waals surface area contributed by atoms with Gasteiger partial charge in [0.1, 0.15) is 5.82 Å². The van der Waals surface area contributed by atoms with E-state index in [4.69, 9.17) is 5.11 Å². The van der Waals surface area contributed by atoms with Crippen LogP contribution in [0.25, 0.3) is 0 Å². The summed E-state index contributed by atoms with van der Waals surface area (Å²) in [5, 5.41) is 11.7. The monoisotopic (exact) mass is 280 g/mol. The number of benzene rings is 1. The molecule has 1 fully saturated rings. The number of halogens is 1. The normalized spacial score (nSPS) is 22.7. The SMILES string of the molecule is CC1C(C(=O)O)CCN1CC(=O)Nc1ccc(F)cc1. The number of carboxylic acids is 1. The van der Waals surface area contributed by atoms with Gasteiger partial charge < -0.3 is 10.4 Å². The van der Waals surface area contributed by atoms with Crippen molar-refractivity contribution in [3.63, 3.8) is 0 Å². The zero-order chi connectivity index (χ0) is 14.7. The van der Waals surface area contributed by atoms with Crippen molar-refractivity contribution in [2.75, 3.05) is 18.4 Å². The van der Waals surface area contributed by atoms with Crippen LogP contribution in [0.5, 0.6) is 0 Å². The smallest absolute Gasteiger partial charge is 0.308 e. The molecule has 20 heavy (non-hydrogen) atoms. The van der Waals surface area contributed by atoms with E-state index < -0.39 is 11.9 Å². The molecule has 0 aliphatic carbocycles. The van der Waals surface area contributed by atoms with Crippen LogP contribution < -0.4 is 5.32 Å². The summed E-state index contributed by atoms with van der Waals surface area (Å²) < 4.78 is 12.7. The van der Waals surface area contributed by atoms with Crippen molar-refractivity contribution in [1.29, 1.82) is 0 Å². The van der Waals surface area contributed by atoms with Crippen molar-refractivity contribution in [2.45, 2.75) is 19.4 Å². The van der Waals surface area contributed by atoms with Gasteiger partial charge in [0.25, 0.3) is 0 Å². The van der Waals surface area contributed by atoms with Gasteiger partial charge in [-0.15, -0.1) is 0 Å². The summed E-state index contributed by atoms with van der Waals surface area (Å²) in [6, 6.07) is 5.36. The van der Waals surface area contributed by atoms with Crippen LogP contribution in [0.15, 0.2) is 24.3 Å². The second-order valence-electron chi connectivity index (χ2n) is 5.00. The zero-order valence-corrected chi connectivity index (χ0v) is 11.2. The molecule has 1 heterocycles. The van der Waals surface area contributed by atoms with Crippen LogP contribution >= 0.6 is 0 Å². The van der Waals surface area contributed by atoms with Crippen molar-refractivity contribution in [3.8, 4) is 0 Å². The molecule has 108 valence electrons. The van der Waals surface area contributed by atoms with Gasteiger partial charge in [0.2, 0.25) is 5.91 Å². The molecule has 2 rings (SSSR count). The van der Waals surface area contributed by atoms with Crippen LogP contribution in [0, 0.1) is 11.7 Å². The second-order valence-corrected chi connectivity index (χ2v) is 5.00. The van der Waals surface area contributed by atoms with E-state index in [2.05, 4.69) is 5.32 Å². The molecule has 0 radical (unpaired) electrons. The molecule has 5 nitrogen and oxygen atoms in total. The molecular formula is C14H17FN2O3. The maximum Gasteiger partial charge on any atom is 0.308 e. The van der Waals surface area contributed by atoms with Gasteiger partial charge in [0.05, 0.1) is 12.5 Å². The fraction of sp³-hybridized carbons (Fsp3) is 0.429. The molecule has 1 amide bonds. The molecule has 2 atom stereocenters. The van der Waals surface area contributed by atoms with Crippen molar-refractivity contribution < 1.29 is 19.1 Å². The van der Waals surface area contributed by atoms with Crippen LogP contribution in [-0.4, -0.2) is 41.0 Å². The van der Waals surface area contributed by atoms with Gasteiger partial charge in [0, 0.05) is 11.7 Å². The van der Waals surface area contributed by atoms with Gasteiger partial charge in [-0.1, -0.05) is 0 Å². The number of carbonyl (C=O) groups excluding carboxylic acids is 1. The number of amides is 1. The molecule has 1 aliphatic rings. The Bertz CT molecular complexity index is 504. The van der Waals surface area contributed by atoms with Gasteiger partial charge >= 0.3 is 5.97 Å². The van der Waals surface area contributed by atoms with E-state index in [-0.39, 0.29) is 24.3 Å². The first kappa shape index (κ1) is 14.5. The number of carboxylic acid groups (broad SMARTS) is 1. The maximum atomic E-state index is 12.7. The molecule has 0 aromatic heterocycles. The van der Waals surface area contributed by atoms with E-state index in [0.717, 1.165) is 0 Å². The molecule has 0 saturated carbocycles. The van der Waals surface area contributed by atoms with Gasteiger partial charge in [-0.3, -0.25) is 14.5 Å². The molecule has 1 saturated heterocycles. The van der Waals surface area contributed by atoms with Gasteiger partial charge in [-0.05, 0) is 44.2 Å². The first-order valence-electron chi connectivity index (χ1n) is 6.49. The lowest BCUT2D eigenvalue weighted by Crippen LogP contribution is -2.38. The molecule has 1 aromatic carbocycles. The number of nitrogens with zero attached hydrogens (tertiary/aromatic N) is 1. The summed E-state index contributed by atoms with van der Waals surface area (Å²) in [7, 11) is 0. The Hall–Kier alpha value is -1.95. The van der Waals surface area contributed by atoms with E-state index in [0.29, 0.717) is 18.7 Å². The highest BCUT2D eigenvalue weighted by Crippen LogP contribution is 2.23. The summed E-state index contributed by atoms with van der Waals surface area (Å²) >= 11 is 0. The predicted octanol–water partition coefficient (Wildman–Crippen LogP) is 1.56. The Morgan fingerprint density at radius 3 is 2.60 bits per heavy atom. The van der Waals surface area contributed by atoms with Crippen LogP contribution in [0.3, 0.4) is 0 Å². The average Bonchev–Trinajstić information content (AvgIpc) is 2.74. The summed E-state index contributed by atoms with van der Waals surface area (Å²) in [4.78, 5) is 24.7. The first-order chi connectivity index (χ1) is 9.47. The fourth-order valence-corrected chi connectivity index (χ4v) is 2.48. The highest BCUT2D eigenvalue weighted by atomic mass is 19.1. The number of nitrogens with one attached hydrogen (secondary N) is 1. The van der Waals surface area contributed by atoms with Gasteiger partial charge in [0.15, 0.2) is 0 Å². The molecule has 1 aromatic rings. The van der Waals surface area contributed by atoms with Crippen molar-refractivity contribution >= 4 is 17.6 Å². The molecule has 0 spiro atoms. The molecular weight excluding hydrogens is 263 g/mol. The van der Waals surface area contributed by atoms with Crippen molar-refractivity contribution in [3.05, 3.63) is 30.1 Å². The van der Waals surface area contributed by atoms with E-state index in [1.165, 1.54) is 24.3 Å². The molecule has 2 N–H and O–H groups in total. The van der Waals surface area contributed by atoms with Crippen LogP contribution in [0.4, 0.5) is 10.1 Å². The first-order valence-corrected chi connectivity index (χ1v) is 6.49. The highest BCUT2D eigenvalue weighted by molar-refractivity contribution is 5.92. The Kier molecular flexibility index (Phi) is 4.34. The lowest BCUT2D eigenvalue weighted by molar-refractivity contribution is -0.142. The largest absolute Gasteiger partial charge is 0.481 e. The minimum atomic E-state index is -0.820. The van der Waals surface area contributed by atoms with Crippen LogP contribution in [0.1, 0.15) is 13.3 Å². The number of carbonyl (C=O) groups is 2. The number of hydrogen-bond donors (Lipinski definition) is 2. The van der Waals surface area contributed by atoms with E-state index >= 15 is 0 Å². The lowest BCUT2D eigenvalue weighted by atomic mass is 10.0. The maximum absolute atomic E-state index is 12.7. The number of aliphatic carboxylic acids is 1. The van der Waals surface area contributed by atoms with E-state index in [9.17, 15) is 14.0 Å². The number of hydrogen-bond acceptors (Lipinski definition) is 3. The minimum absolute atomic E-state index is 0.141. The molecule has 2 unspecified atom stereocenters.